The minimum absolute atomic E-state index is 0.0237. The molecule has 1 unspecified atom stereocenters. The van der Waals surface area contributed by atoms with E-state index in [1.54, 1.807) is 0 Å². The smallest absolute Gasteiger partial charge is 0.174 e. The predicted octanol–water partition coefficient (Wildman–Crippen LogP) is 3.70. The summed E-state index contributed by atoms with van der Waals surface area (Å²) < 4.78 is 0.753. The maximum Gasteiger partial charge on any atom is 0.174 e. The molecule has 0 aliphatic heterocycles. The second-order valence-electron chi connectivity index (χ2n) is 4.82. The van der Waals surface area contributed by atoms with Crippen LogP contribution in [0, 0.1) is 18.3 Å². The first-order valence-electron chi connectivity index (χ1n) is 6.83. The van der Waals surface area contributed by atoms with Crippen LogP contribution in [0.4, 0.5) is 0 Å². The molecular formula is C15H13N5OS2. The molecule has 0 saturated carbocycles. The van der Waals surface area contributed by atoms with Crippen LogP contribution >= 0.6 is 23.1 Å². The van der Waals surface area contributed by atoms with E-state index in [9.17, 15) is 10.4 Å². The van der Waals surface area contributed by atoms with Crippen molar-refractivity contribution in [2.45, 2.75) is 23.4 Å². The molecular weight excluding hydrogens is 330 g/mol. The molecule has 2 heterocycles. The standard InChI is InChI=1S/C15H13N5OS2/c1-8(22-15-20-19-9(2)23-15)13(21)10(7-16)14-17-11-5-3-4-6-12(11)18-14/h3-6,8,21H,1-2H3,(H,17,18)/b13-10-. The van der Waals surface area contributed by atoms with Crippen LogP contribution in [-0.2, 0) is 0 Å². The van der Waals surface area contributed by atoms with E-state index in [1.165, 1.54) is 23.1 Å². The van der Waals surface area contributed by atoms with E-state index in [0.29, 0.717) is 5.82 Å². The zero-order chi connectivity index (χ0) is 16.4. The van der Waals surface area contributed by atoms with Gasteiger partial charge < -0.3 is 10.1 Å². The number of aliphatic hydroxyl groups excluding tert-OH is 1. The van der Waals surface area contributed by atoms with Crippen LogP contribution in [-0.4, -0.2) is 30.5 Å². The van der Waals surface area contributed by atoms with Crippen molar-refractivity contribution >= 4 is 39.7 Å². The highest BCUT2D eigenvalue weighted by atomic mass is 32.2. The Balaban J connectivity index is 1.93. The summed E-state index contributed by atoms with van der Waals surface area (Å²) >= 11 is 2.82. The Morgan fingerprint density at radius 2 is 2.17 bits per heavy atom. The number of nitrogens with zero attached hydrogens (tertiary/aromatic N) is 4. The van der Waals surface area contributed by atoms with Crippen molar-refractivity contribution in [3.8, 4) is 6.07 Å². The molecule has 6 nitrogen and oxygen atoms in total. The lowest BCUT2D eigenvalue weighted by molar-refractivity contribution is 0.402. The monoisotopic (exact) mass is 343 g/mol. The van der Waals surface area contributed by atoms with Crippen molar-refractivity contribution in [1.29, 1.82) is 5.26 Å². The van der Waals surface area contributed by atoms with Crippen LogP contribution in [0.15, 0.2) is 34.4 Å². The lowest BCUT2D eigenvalue weighted by Crippen LogP contribution is -2.04. The molecule has 1 aromatic carbocycles. The number of para-hydroxylation sites is 2. The summed E-state index contributed by atoms with van der Waals surface area (Å²) in [6.45, 7) is 3.69. The number of nitriles is 1. The second-order valence-corrected chi connectivity index (χ2v) is 7.59. The van der Waals surface area contributed by atoms with E-state index >= 15 is 0 Å². The first kappa shape index (κ1) is 15.5. The van der Waals surface area contributed by atoms with Crippen molar-refractivity contribution in [2.75, 3.05) is 0 Å². The summed E-state index contributed by atoms with van der Waals surface area (Å²) in [6.07, 6.45) is 0. The van der Waals surface area contributed by atoms with Gasteiger partial charge in [0.2, 0.25) is 0 Å². The highest BCUT2D eigenvalue weighted by Gasteiger charge is 2.20. The summed E-state index contributed by atoms with van der Waals surface area (Å²) in [7, 11) is 0. The topological polar surface area (TPSA) is 98.5 Å². The number of fused-ring (bicyclic) bond motifs is 1. The number of hydrogen-bond donors (Lipinski definition) is 2. The average molecular weight is 343 g/mol. The summed E-state index contributed by atoms with van der Waals surface area (Å²) in [5, 5.41) is 28.4. The van der Waals surface area contributed by atoms with Crippen LogP contribution in [0.5, 0.6) is 0 Å². The third-order valence-electron chi connectivity index (χ3n) is 3.16. The first-order valence-corrected chi connectivity index (χ1v) is 8.53. The van der Waals surface area contributed by atoms with Gasteiger partial charge in [0.1, 0.15) is 22.4 Å². The molecule has 2 N–H and O–H groups in total. The fourth-order valence-electron chi connectivity index (χ4n) is 2.04. The highest BCUT2D eigenvalue weighted by molar-refractivity contribution is 8.01. The van der Waals surface area contributed by atoms with Crippen LogP contribution in [0.1, 0.15) is 17.8 Å². The van der Waals surface area contributed by atoms with E-state index < -0.39 is 0 Å². The van der Waals surface area contributed by atoms with Crippen molar-refractivity contribution < 1.29 is 5.11 Å². The average Bonchev–Trinajstić information content (AvgIpc) is 3.13. The molecule has 3 rings (SSSR count). The second kappa shape index (κ2) is 6.40. The molecule has 3 aromatic rings. The molecule has 0 spiro atoms. The highest BCUT2D eigenvalue weighted by Crippen LogP contribution is 2.32. The number of hydrogen-bond acceptors (Lipinski definition) is 7. The molecule has 0 aliphatic rings. The number of rotatable bonds is 4. The number of aliphatic hydroxyl groups is 1. The van der Waals surface area contributed by atoms with Crippen LogP contribution in [0.3, 0.4) is 0 Å². The predicted molar refractivity (Wildman–Crippen MR) is 91.2 cm³/mol. The Morgan fingerprint density at radius 3 is 2.83 bits per heavy atom. The Morgan fingerprint density at radius 1 is 1.39 bits per heavy atom. The van der Waals surface area contributed by atoms with Crippen molar-refractivity contribution in [2.24, 2.45) is 0 Å². The SMILES string of the molecule is Cc1nnc(SC(C)/C(O)=C(\C#N)c2nc3ccccc3[nH]2)s1. The van der Waals surface area contributed by atoms with Gasteiger partial charge in [-0.1, -0.05) is 35.2 Å². The van der Waals surface area contributed by atoms with Gasteiger partial charge in [-0.3, -0.25) is 0 Å². The number of aromatic amines is 1. The van der Waals surface area contributed by atoms with E-state index in [0.717, 1.165) is 20.4 Å². The van der Waals surface area contributed by atoms with Crippen LogP contribution in [0.25, 0.3) is 16.6 Å². The molecule has 23 heavy (non-hydrogen) atoms. The van der Waals surface area contributed by atoms with Gasteiger partial charge in [-0.2, -0.15) is 5.26 Å². The Kier molecular flexibility index (Phi) is 4.32. The largest absolute Gasteiger partial charge is 0.510 e. The van der Waals surface area contributed by atoms with Gasteiger partial charge >= 0.3 is 0 Å². The number of allylic oxidation sites excluding steroid dienone is 1. The first-order chi connectivity index (χ1) is 11.1. The minimum Gasteiger partial charge on any atom is -0.510 e. The van der Waals surface area contributed by atoms with Gasteiger partial charge in [0.15, 0.2) is 10.2 Å². The number of nitrogens with one attached hydrogen (secondary N) is 1. The molecule has 8 heteroatoms. The third kappa shape index (κ3) is 3.21. The van der Waals surface area contributed by atoms with Gasteiger partial charge in [-0.15, -0.1) is 10.2 Å². The summed E-state index contributed by atoms with van der Waals surface area (Å²) in [6, 6.07) is 9.53. The Labute approximate surface area is 140 Å². The number of aromatic nitrogens is 4. The quantitative estimate of drug-likeness (QED) is 0.426. The van der Waals surface area contributed by atoms with Crippen LogP contribution in [0.2, 0.25) is 0 Å². The molecule has 0 amide bonds. The van der Waals surface area contributed by atoms with Gasteiger partial charge in [0.25, 0.3) is 0 Å². The van der Waals surface area contributed by atoms with Crippen molar-refractivity contribution in [3.63, 3.8) is 0 Å². The van der Waals surface area contributed by atoms with Crippen LogP contribution < -0.4 is 0 Å². The van der Waals surface area contributed by atoms with E-state index in [2.05, 4.69) is 20.2 Å². The lowest BCUT2D eigenvalue weighted by Gasteiger charge is -2.09. The van der Waals surface area contributed by atoms with E-state index in [4.69, 9.17) is 0 Å². The minimum atomic E-state index is -0.329. The summed E-state index contributed by atoms with van der Waals surface area (Å²) in [5.41, 5.74) is 1.72. The molecule has 0 bridgehead atoms. The molecule has 1 atom stereocenters. The van der Waals surface area contributed by atoms with E-state index in [-0.39, 0.29) is 16.6 Å². The molecule has 0 aliphatic carbocycles. The normalized spacial score (nSPS) is 13.6. The maximum atomic E-state index is 10.5. The molecule has 116 valence electrons. The van der Waals surface area contributed by atoms with Crippen molar-refractivity contribution in [1.82, 2.24) is 20.2 Å². The zero-order valence-electron chi connectivity index (χ0n) is 12.4. The third-order valence-corrected chi connectivity index (χ3v) is 5.20. The molecule has 0 radical (unpaired) electrons. The zero-order valence-corrected chi connectivity index (χ0v) is 14.1. The summed E-state index contributed by atoms with van der Waals surface area (Å²) in [5.74, 6) is 0.344. The number of benzene rings is 1. The number of H-pyrrole nitrogens is 1. The van der Waals surface area contributed by atoms with Gasteiger partial charge in [0, 0.05) is 0 Å². The number of imidazole rings is 1. The van der Waals surface area contributed by atoms with Gasteiger partial charge in [0.05, 0.1) is 16.3 Å². The number of thioether (sulfide) groups is 1. The Bertz CT molecular complexity index is 888. The fraction of sp³-hybridized carbons (Fsp3) is 0.200. The fourth-order valence-corrected chi connectivity index (χ4v) is 4.06. The Hall–Kier alpha value is -2.37. The molecule has 0 fully saturated rings. The maximum absolute atomic E-state index is 10.5. The lowest BCUT2D eigenvalue weighted by atomic mass is 10.2. The molecule has 0 saturated heterocycles. The van der Waals surface area contributed by atoms with Gasteiger partial charge in [-0.05, 0) is 26.0 Å². The van der Waals surface area contributed by atoms with Crippen molar-refractivity contribution in [3.05, 3.63) is 40.9 Å². The summed E-state index contributed by atoms with van der Waals surface area (Å²) in [4.78, 5) is 7.43. The molecule has 2 aromatic heterocycles. The number of aryl methyl sites for hydroxylation is 1. The van der Waals surface area contributed by atoms with Gasteiger partial charge in [-0.25, -0.2) is 4.98 Å². The van der Waals surface area contributed by atoms with E-state index in [1.807, 2.05) is 44.2 Å².